The molecule has 0 atom stereocenters. The quantitative estimate of drug-likeness (QED) is 0.426. The number of hydrogen-bond acceptors (Lipinski definition) is 7. The molecule has 1 saturated heterocycles. The molecule has 9 heteroatoms. The van der Waals surface area contributed by atoms with E-state index in [2.05, 4.69) is 0 Å². The van der Waals surface area contributed by atoms with E-state index in [9.17, 15) is 24.5 Å². The maximum absolute atomic E-state index is 12.2. The summed E-state index contributed by atoms with van der Waals surface area (Å²) in [6.07, 6.45) is 0. The van der Waals surface area contributed by atoms with Crippen molar-refractivity contribution in [2.75, 3.05) is 5.75 Å². The van der Waals surface area contributed by atoms with Gasteiger partial charge in [-0.25, -0.2) is 4.79 Å². The van der Waals surface area contributed by atoms with Crippen LogP contribution in [-0.2, 0) is 22.7 Å². The fraction of sp³-hybridized carbons (Fsp3) is 0.167. The summed E-state index contributed by atoms with van der Waals surface area (Å²) in [7, 11) is 0. The molecule has 0 N–H and O–H groups in total. The Hall–Kier alpha value is -3.20. The second-order valence-corrected chi connectivity index (χ2v) is 6.66. The lowest BCUT2D eigenvalue weighted by atomic mass is 10.1. The van der Waals surface area contributed by atoms with Crippen LogP contribution >= 0.6 is 11.8 Å². The third-order valence-electron chi connectivity index (χ3n) is 3.84. The van der Waals surface area contributed by atoms with E-state index in [1.54, 1.807) is 30.3 Å². The number of rotatable bonds is 6. The first-order valence-electron chi connectivity index (χ1n) is 7.90. The Labute approximate surface area is 158 Å². The molecule has 3 rings (SSSR count). The Morgan fingerprint density at radius 1 is 1.15 bits per heavy atom. The predicted molar refractivity (Wildman–Crippen MR) is 97.1 cm³/mol. The van der Waals surface area contributed by atoms with Crippen molar-refractivity contribution in [3.8, 4) is 0 Å². The summed E-state index contributed by atoms with van der Waals surface area (Å²) in [5.74, 6) is -0.732. The molecule has 1 aliphatic heterocycles. The normalized spacial score (nSPS) is 13.7. The van der Waals surface area contributed by atoms with Crippen LogP contribution in [0.3, 0.4) is 0 Å². The number of ether oxygens (including phenoxy) is 1. The summed E-state index contributed by atoms with van der Waals surface area (Å²) in [6, 6.07) is 12.3. The predicted octanol–water partition coefficient (Wildman–Crippen LogP) is 3.15. The zero-order valence-electron chi connectivity index (χ0n) is 14.0. The molecule has 0 aromatic heterocycles. The van der Waals surface area contributed by atoms with Crippen LogP contribution in [0.4, 0.5) is 10.5 Å². The average Bonchev–Trinajstić information content (AvgIpc) is 2.98. The van der Waals surface area contributed by atoms with Crippen LogP contribution in [0.15, 0.2) is 48.5 Å². The Morgan fingerprint density at radius 3 is 2.59 bits per heavy atom. The van der Waals surface area contributed by atoms with Crippen LogP contribution in [-0.4, -0.2) is 32.7 Å². The molecule has 0 spiro atoms. The maximum atomic E-state index is 12.2. The van der Waals surface area contributed by atoms with Gasteiger partial charge in [-0.05, 0) is 23.3 Å². The smallest absolute Gasteiger partial charge is 0.338 e. The van der Waals surface area contributed by atoms with Crippen LogP contribution in [0.2, 0.25) is 0 Å². The van der Waals surface area contributed by atoms with Crippen molar-refractivity contribution in [1.29, 1.82) is 0 Å². The Bertz CT molecular complexity index is 914. The second-order valence-electron chi connectivity index (χ2n) is 5.74. The van der Waals surface area contributed by atoms with E-state index in [4.69, 9.17) is 4.74 Å². The third kappa shape index (κ3) is 4.50. The Balaban J connectivity index is 1.65. The number of carbonyl (C=O) groups is 3. The molecule has 0 radical (unpaired) electrons. The number of non-ortho nitro benzene ring substituents is 1. The van der Waals surface area contributed by atoms with E-state index in [1.165, 1.54) is 18.2 Å². The molecule has 138 valence electrons. The molecule has 1 aliphatic rings. The van der Waals surface area contributed by atoms with Gasteiger partial charge < -0.3 is 4.74 Å². The minimum absolute atomic E-state index is 0.0802. The molecule has 1 fully saturated rings. The summed E-state index contributed by atoms with van der Waals surface area (Å²) in [6.45, 7) is -0.0128. The van der Waals surface area contributed by atoms with E-state index >= 15 is 0 Å². The molecular formula is C18H14N2O6S. The van der Waals surface area contributed by atoms with Gasteiger partial charge in [-0.3, -0.25) is 24.6 Å². The lowest BCUT2D eigenvalue weighted by Crippen LogP contribution is -2.28. The zero-order chi connectivity index (χ0) is 19.4. The highest BCUT2D eigenvalue weighted by molar-refractivity contribution is 8.14. The maximum Gasteiger partial charge on any atom is 0.338 e. The van der Waals surface area contributed by atoms with Crippen molar-refractivity contribution in [2.24, 2.45) is 0 Å². The van der Waals surface area contributed by atoms with Crippen molar-refractivity contribution in [3.63, 3.8) is 0 Å². The molecule has 2 aromatic carbocycles. The number of nitro benzene ring substituents is 1. The standard InChI is InChI=1S/C18H14N2O6S/c21-16-11-27-18(23)19(16)9-12-3-1-5-14(7-12)17(22)26-10-13-4-2-6-15(8-13)20(24)25/h1-8H,9-11H2. The van der Waals surface area contributed by atoms with E-state index < -0.39 is 10.9 Å². The van der Waals surface area contributed by atoms with Gasteiger partial charge in [0.05, 0.1) is 22.8 Å². The summed E-state index contributed by atoms with van der Waals surface area (Å²) in [5.41, 5.74) is 1.32. The Morgan fingerprint density at radius 2 is 1.89 bits per heavy atom. The minimum atomic E-state index is -0.600. The monoisotopic (exact) mass is 386 g/mol. The average molecular weight is 386 g/mol. The molecular weight excluding hydrogens is 372 g/mol. The molecule has 0 saturated carbocycles. The van der Waals surface area contributed by atoms with Crippen molar-refractivity contribution >= 4 is 34.6 Å². The third-order valence-corrected chi connectivity index (χ3v) is 4.69. The van der Waals surface area contributed by atoms with Gasteiger partial charge in [0, 0.05) is 12.1 Å². The highest BCUT2D eigenvalue weighted by atomic mass is 32.2. The lowest BCUT2D eigenvalue weighted by Gasteiger charge is -2.13. The number of esters is 1. The SMILES string of the molecule is O=C(OCc1cccc([N+](=O)[O-])c1)c1cccc(CN2C(=O)CSC2=O)c1. The van der Waals surface area contributed by atoms with Crippen LogP contribution in [0.25, 0.3) is 0 Å². The molecule has 0 bridgehead atoms. The molecule has 0 aliphatic carbocycles. The number of nitro groups is 1. The van der Waals surface area contributed by atoms with Crippen molar-refractivity contribution in [3.05, 3.63) is 75.3 Å². The van der Waals surface area contributed by atoms with Crippen LogP contribution in [0.5, 0.6) is 0 Å². The fourth-order valence-electron chi connectivity index (χ4n) is 2.51. The Kier molecular flexibility index (Phi) is 5.51. The van der Waals surface area contributed by atoms with E-state index in [1.807, 2.05) is 0 Å². The van der Waals surface area contributed by atoms with Crippen LogP contribution in [0.1, 0.15) is 21.5 Å². The van der Waals surface area contributed by atoms with E-state index in [-0.39, 0.29) is 41.3 Å². The summed E-state index contributed by atoms with van der Waals surface area (Å²) in [5, 5.41) is 10.5. The first kappa shape index (κ1) is 18.6. The minimum Gasteiger partial charge on any atom is -0.457 e. The van der Waals surface area contributed by atoms with Gasteiger partial charge in [0.25, 0.3) is 10.9 Å². The summed E-state index contributed by atoms with van der Waals surface area (Å²) >= 11 is 0.950. The summed E-state index contributed by atoms with van der Waals surface area (Å²) < 4.78 is 5.20. The molecule has 2 amide bonds. The molecule has 2 aromatic rings. The van der Waals surface area contributed by atoms with Gasteiger partial charge >= 0.3 is 5.97 Å². The number of amides is 2. The fourth-order valence-corrected chi connectivity index (χ4v) is 3.23. The second kappa shape index (κ2) is 8.00. The molecule has 8 nitrogen and oxygen atoms in total. The van der Waals surface area contributed by atoms with Gasteiger partial charge in [-0.1, -0.05) is 36.0 Å². The topological polar surface area (TPSA) is 107 Å². The largest absolute Gasteiger partial charge is 0.457 e. The van der Waals surface area contributed by atoms with Gasteiger partial charge in [0.15, 0.2) is 0 Å². The first-order chi connectivity index (χ1) is 12.9. The van der Waals surface area contributed by atoms with Crippen molar-refractivity contribution in [1.82, 2.24) is 4.90 Å². The van der Waals surface area contributed by atoms with Gasteiger partial charge in [-0.15, -0.1) is 0 Å². The van der Waals surface area contributed by atoms with Crippen LogP contribution in [0, 0.1) is 10.1 Å². The molecule has 1 heterocycles. The number of benzene rings is 2. The van der Waals surface area contributed by atoms with E-state index in [0.29, 0.717) is 11.1 Å². The van der Waals surface area contributed by atoms with Crippen molar-refractivity contribution in [2.45, 2.75) is 13.2 Å². The number of hydrogen-bond donors (Lipinski definition) is 0. The number of imide groups is 1. The zero-order valence-corrected chi connectivity index (χ0v) is 14.8. The number of thioether (sulfide) groups is 1. The van der Waals surface area contributed by atoms with E-state index in [0.717, 1.165) is 16.7 Å². The number of carbonyl (C=O) groups excluding carboxylic acids is 3. The molecule has 0 unspecified atom stereocenters. The highest BCUT2D eigenvalue weighted by Gasteiger charge is 2.29. The summed E-state index contributed by atoms with van der Waals surface area (Å²) in [4.78, 5) is 47.0. The van der Waals surface area contributed by atoms with Crippen molar-refractivity contribution < 1.29 is 24.0 Å². The van der Waals surface area contributed by atoms with Crippen LogP contribution < -0.4 is 0 Å². The van der Waals surface area contributed by atoms with Gasteiger partial charge in [0.2, 0.25) is 5.91 Å². The number of nitrogens with zero attached hydrogens (tertiary/aromatic N) is 2. The lowest BCUT2D eigenvalue weighted by molar-refractivity contribution is -0.384. The first-order valence-corrected chi connectivity index (χ1v) is 8.89. The highest BCUT2D eigenvalue weighted by Crippen LogP contribution is 2.22. The van der Waals surface area contributed by atoms with Gasteiger partial charge in [-0.2, -0.15) is 0 Å². The molecule has 27 heavy (non-hydrogen) atoms. The van der Waals surface area contributed by atoms with Gasteiger partial charge in [0.1, 0.15) is 6.61 Å².